The molecule has 0 aliphatic rings. The van der Waals surface area contributed by atoms with Crippen molar-refractivity contribution in [2.24, 2.45) is 0 Å². The van der Waals surface area contributed by atoms with E-state index in [2.05, 4.69) is 5.32 Å². The van der Waals surface area contributed by atoms with Gasteiger partial charge in [-0.15, -0.1) is 11.8 Å². The van der Waals surface area contributed by atoms with Crippen LogP contribution in [0.15, 0.2) is 53.4 Å². The Morgan fingerprint density at radius 1 is 1.10 bits per heavy atom. The van der Waals surface area contributed by atoms with E-state index in [1.54, 1.807) is 18.2 Å². The van der Waals surface area contributed by atoms with Gasteiger partial charge in [-0.25, -0.2) is 9.18 Å². The van der Waals surface area contributed by atoms with E-state index in [0.29, 0.717) is 10.6 Å². The molecule has 4 nitrogen and oxygen atoms in total. The Morgan fingerprint density at radius 2 is 1.76 bits per heavy atom. The fourth-order valence-electron chi connectivity index (χ4n) is 1.64. The van der Waals surface area contributed by atoms with Crippen LogP contribution in [0.4, 0.5) is 10.1 Å². The number of halogens is 1. The van der Waals surface area contributed by atoms with Crippen molar-refractivity contribution < 1.29 is 19.1 Å². The zero-order chi connectivity index (χ0) is 15.2. The van der Waals surface area contributed by atoms with Crippen molar-refractivity contribution >= 4 is 29.3 Å². The van der Waals surface area contributed by atoms with Gasteiger partial charge in [0.05, 0.1) is 11.3 Å². The van der Waals surface area contributed by atoms with E-state index in [9.17, 15) is 14.0 Å². The molecule has 0 bridgehead atoms. The van der Waals surface area contributed by atoms with E-state index in [0.717, 1.165) is 11.8 Å². The van der Waals surface area contributed by atoms with Gasteiger partial charge in [0.2, 0.25) is 5.91 Å². The molecular weight excluding hydrogens is 293 g/mol. The van der Waals surface area contributed by atoms with Crippen LogP contribution in [0, 0.1) is 5.82 Å². The van der Waals surface area contributed by atoms with Crippen LogP contribution < -0.4 is 5.32 Å². The van der Waals surface area contributed by atoms with Gasteiger partial charge in [0.25, 0.3) is 0 Å². The highest BCUT2D eigenvalue weighted by Crippen LogP contribution is 2.22. The van der Waals surface area contributed by atoms with Crippen molar-refractivity contribution in [3.8, 4) is 0 Å². The summed E-state index contributed by atoms with van der Waals surface area (Å²) in [5.41, 5.74) is 0.658. The summed E-state index contributed by atoms with van der Waals surface area (Å²) >= 11 is 1.14. The van der Waals surface area contributed by atoms with Gasteiger partial charge in [0.15, 0.2) is 0 Å². The van der Waals surface area contributed by atoms with Gasteiger partial charge in [-0.2, -0.15) is 0 Å². The fraction of sp³-hybridized carbons (Fsp3) is 0.0667. The van der Waals surface area contributed by atoms with Crippen LogP contribution >= 0.6 is 11.8 Å². The summed E-state index contributed by atoms with van der Waals surface area (Å²) in [6, 6.07) is 11.9. The lowest BCUT2D eigenvalue weighted by Gasteiger charge is -2.07. The average molecular weight is 305 g/mol. The molecule has 0 heterocycles. The topological polar surface area (TPSA) is 66.4 Å². The summed E-state index contributed by atoms with van der Waals surface area (Å²) < 4.78 is 12.7. The minimum Gasteiger partial charge on any atom is -0.478 e. The first-order valence-electron chi connectivity index (χ1n) is 6.07. The predicted octanol–water partition coefficient (Wildman–Crippen LogP) is 3.25. The van der Waals surface area contributed by atoms with E-state index in [-0.39, 0.29) is 23.0 Å². The first-order chi connectivity index (χ1) is 10.1. The molecule has 6 heteroatoms. The van der Waals surface area contributed by atoms with Gasteiger partial charge in [0.1, 0.15) is 5.82 Å². The molecule has 0 saturated heterocycles. The second-order valence-electron chi connectivity index (χ2n) is 4.15. The van der Waals surface area contributed by atoms with Crippen molar-refractivity contribution in [1.82, 2.24) is 0 Å². The molecule has 2 rings (SSSR count). The smallest absolute Gasteiger partial charge is 0.336 e. The van der Waals surface area contributed by atoms with Crippen LogP contribution in [0.5, 0.6) is 0 Å². The molecule has 0 aliphatic heterocycles. The van der Waals surface area contributed by atoms with Gasteiger partial charge in [-0.3, -0.25) is 4.79 Å². The van der Waals surface area contributed by atoms with E-state index in [4.69, 9.17) is 5.11 Å². The Labute approximate surface area is 125 Å². The van der Waals surface area contributed by atoms with Crippen LogP contribution in [0.25, 0.3) is 0 Å². The summed E-state index contributed by atoms with van der Waals surface area (Å²) in [4.78, 5) is 23.3. The molecule has 0 fully saturated rings. The molecule has 0 saturated carbocycles. The summed E-state index contributed by atoms with van der Waals surface area (Å²) in [6.07, 6.45) is 0. The third kappa shape index (κ3) is 4.32. The van der Waals surface area contributed by atoms with Gasteiger partial charge >= 0.3 is 5.97 Å². The fourth-order valence-corrected chi connectivity index (χ4v) is 2.49. The predicted molar refractivity (Wildman–Crippen MR) is 79.2 cm³/mol. The number of amides is 1. The van der Waals surface area contributed by atoms with E-state index >= 15 is 0 Å². The Hall–Kier alpha value is -2.34. The Morgan fingerprint density at radius 3 is 2.43 bits per heavy atom. The Kier molecular flexibility index (Phi) is 4.94. The molecule has 2 N–H and O–H groups in total. The monoisotopic (exact) mass is 305 g/mol. The Balaban J connectivity index is 1.95. The van der Waals surface area contributed by atoms with Crippen LogP contribution in [0.3, 0.4) is 0 Å². The molecule has 2 aromatic carbocycles. The van der Waals surface area contributed by atoms with Crippen LogP contribution in [-0.2, 0) is 4.79 Å². The van der Waals surface area contributed by atoms with Crippen molar-refractivity contribution in [3.05, 3.63) is 59.9 Å². The van der Waals surface area contributed by atoms with E-state index in [1.807, 2.05) is 0 Å². The number of carbonyl (C=O) groups excluding carboxylic acids is 1. The average Bonchev–Trinajstić information content (AvgIpc) is 2.48. The number of carboxylic acids is 1. The van der Waals surface area contributed by atoms with Crippen molar-refractivity contribution in [2.75, 3.05) is 11.1 Å². The zero-order valence-electron chi connectivity index (χ0n) is 10.9. The molecule has 0 unspecified atom stereocenters. The number of hydrogen-bond acceptors (Lipinski definition) is 3. The molecular formula is C15H12FNO3S. The maximum absolute atomic E-state index is 12.7. The highest BCUT2D eigenvalue weighted by atomic mass is 32.2. The Bertz CT molecular complexity index is 658. The standard InChI is InChI=1S/C15H12FNO3S/c16-10-5-7-11(8-6-10)17-14(18)9-21-13-4-2-1-3-12(13)15(19)20/h1-8H,9H2,(H,17,18)(H,19,20). The SMILES string of the molecule is O=C(CSc1ccccc1C(=O)O)Nc1ccc(F)cc1. The van der Waals surface area contributed by atoms with Crippen molar-refractivity contribution in [3.63, 3.8) is 0 Å². The third-order valence-electron chi connectivity index (χ3n) is 2.60. The number of nitrogens with one attached hydrogen (secondary N) is 1. The molecule has 21 heavy (non-hydrogen) atoms. The quantitative estimate of drug-likeness (QED) is 0.832. The van der Waals surface area contributed by atoms with Crippen molar-refractivity contribution in [1.29, 1.82) is 0 Å². The summed E-state index contributed by atoms with van der Waals surface area (Å²) in [7, 11) is 0. The lowest BCUT2D eigenvalue weighted by Crippen LogP contribution is -2.14. The highest BCUT2D eigenvalue weighted by Gasteiger charge is 2.11. The van der Waals surface area contributed by atoms with Crippen molar-refractivity contribution in [2.45, 2.75) is 4.90 Å². The molecule has 2 aromatic rings. The van der Waals surface area contributed by atoms with E-state index < -0.39 is 5.97 Å². The number of anilines is 1. The third-order valence-corrected chi connectivity index (χ3v) is 3.68. The lowest BCUT2D eigenvalue weighted by molar-refractivity contribution is -0.113. The van der Waals surface area contributed by atoms with Crippen LogP contribution in [0.1, 0.15) is 10.4 Å². The number of benzene rings is 2. The second kappa shape index (κ2) is 6.90. The van der Waals surface area contributed by atoms with Crippen LogP contribution in [-0.4, -0.2) is 22.7 Å². The molecule has 108 valence electrons. The minimum atomic E-state index is -1.03. The maximum atomic E-state index is 12.7. The number of thioether (sulfide) groups is 1. The summed E-state index contributed by atoms with van der Waals surface area (Å²) in [5, 5.41) is 11.7. The van der Waals surface area contributed by atoms with Gasteiger partial charge in [-0.05, 0) is 36.4 Å². The zero-order valence-corrected chi connectivity index (χ0v) is 11.7. The molecule has 1 amide bonds. The lowest BCUT2D eigenvalue weighted by atomic mass is 10.2. The molecule has 0 aliphatic carbocycles. The first kappa shape index (κ1) is 15.1. The molecule has 0 radical (unpaired) electrons. The molecule has 0 aromatic heterocycles. The summed E-state index contributed by atoms with van der Waals surface area (Å²) in [6.45, 7) is 0. The number of carbonyl (C=O) groups is 2. The van der Waals surface area contributed by atoms with Gasteiger partial charge < -0.3 is 10.4 Å². The number of rotatable bonds is 5. The highest BCUT2D eigenvalue weighted by molar-refractivity contribution is 8.00. The first-order valence-corrected chi connectivity index (χ1v) is 7.05. The largest absolute Gasteiger partial charge is 0.478 e. The summed E-state index contributed by atoms with van der Waals surface area (Å²) in [5.74, 6) is -1.62. The number of hydrogen-bond donors (Lipinski definition) is 2. The van der Waals surface area contributed by atoms with Gasteiger partial charge in [-0.1, -0.05) is 12.1 Å². The van der Waals surface area contributed by atoms with Gasteiger partial charge in [0, 0.05) is 10.6 Å². The normalized spacial score (nSPS) is 10.1. The second-order valence-corrected chi connectivity index (χ2v) is 5.16. The molecule has 0 atom stereocenters. The van der Waals surface area contributed by atoms with E-state index in [1.165, 1.54) is 30.3 Å². The number of aromatic carboxylic acids is 1. The number of carboxylic acid groups (broad SMARTS) is 1. The van der Waals surface area contributed by atoms with Crippen LogP contribution in [0.2, 0.25) is 0 Å². The molecule has 0 spiro atoms. The maximum Gasteiger partial charge on any atom is 0.336 e. The minimum absolute atomic E-state index is 0.0711.